The van der Waals surface area contributed by atoms with Crippen molar-refractivity contribution in [3.8, 4) is 5.75 Å². The number of ether oxygens (including phenoxy) is 1. The zero-order valence-corrected chi connectivity index (χ0v) is 12.7. The van der Waals surface area contributed by atoms with Crippen LogP contribution in [0.2, 0.25) is 0 Å². The monoisotopic (exact) mass is 289 g/mol. The Balaban J connectivity index is 1.74. The molecule has 21 heavy (non-hydrogen) atoms. The van der Waals surface area contributed by atoms with Gasteiger partial charge in [-0.15, -0.1) is 0 Å². The van der Waals surface area contributed by atoms with Crippen molar-refractivity contribution in [3.05, 3.63) is 29.8 Å². The molecule has 0 bridgehead atoms. The van der Waals surface area contributed by atoms with E-state index in [0.717, 1.165) is 30.7 Å². The topological polar surface area (TPSA) is 49.8 Å². The summed E-state index contributed by atoms with van der Waals surface area (Å²) < 4.78 is 5.89. The van der Waals surface area contributed by atoms with Crippen molar-refractivity contribution in [2.75, 3.05) is 6.54 Å². The first-order valence-corrected chi connectivity index (χ1v) is 7.82. The number of fused-ring (bicyclic) bond motifs is 1. The average Bonchev–Trinajstić information content (AvgIpc) is 3.03. The Labute approximate surface area is 125 Å². The minimum atomic E-state index is -0.419. The molecular formula is C17H23NO3. The van der Waals surface area contributed by atoms with Gasteiger partial charge in [0.15, 0.2) is 6.10 Å². The highest BCUT2D eigenvalue weighted by Gasteiger charge is 2.41. The molecule has 4 nitrogen and oxygen atoms in total. The van der Waals surface area contributed by atoms with Crippen molar-refractivity contribution < 1.29 is 14.6 Å². The van der Waals surface area contributed by atoms with E-state index in [1.54, 1.807) is 6.92 Å². The Morgan fingerprint density at radius 1 is 1.48 bits per heavy atom. The summed E-state index contributed by atoms with van der Waals surface area (Å²) in [5, 5.41) is 9.60. The van der Waals surface area contributed by atoms with Crippen LogP contribution in [0, 0.1) is 0 Å². The van der Waals surface area contributed by atoms with E-state index in [1.165, 1.54) is 0 Å². The number of carbonyl (C=O) groups is 1. The third kappa shape index (κ3) is 2.64. The molecule has 1 N–H and O–H groups in total. The van der Waals surface area contributed by atoms with Crippen LogP contribution in [-0.2, 0) is 4.79 Å². The second-order valence-corrected chi connectivity index (χ2v) is 6.28. The van der Waals surface area contributed by atoms with Gasteiger partial charge in [-0.2, -0.15) is 0 Å². The Kier molecular flexibility index (Phi) is 3.89. The summed E-state index contributed by atoms with van der Waals surface area (Å²) >= 11 is 0. The minimum Gasteiger partial charge on any atom is -0.480 e. The molecular weight excluding hydrogens is 266 g/mol. The van der Waals surface area contributed by atoms with Gasteiger partial charge in [0.2, 0.25) is 0 Å². The van der Waals surface area contributed by atoms with E-state index in [0.29, 0.717) is 6.42 Å². The third-order valence-electron chi connectivity index (χ3n) is 4.63. The first-order valence-electron chi connectivity index (χ1n) is 7.82. The lowest BCUT2D eigenvalue weighted by Gasteiger charge is -2.29. The van der Waals surface area contributed by atoms with Gasteiger partial charge in [0, 0.05) is 24.1 Å². The molecule has 1 aromatic rings. The van der Waals surface area contributed by atoms with Gasteiger partial charge in [-0.05, 0) is 32.3 Å². The molecule has 3 rings (SSSR count). The van der Waals surface area contributed by atoms with Crippen LogP contribution in [0.15, 0.2) is 24.3 Å². The molecule has 1 fully saturated rings. The van der Waals surface area contributed by atoms with Crippen LogP contribution in [-0.4, -0.2) is 40.7 Å². The van der Waals surface area contributed by atoms with Crippen LogP contribution in [0.4, 0.5) is 0 Å². The second-order valence-electron chi connectivity index (χ2n) is 6.28. The van der Waals surface area contributed by atoms with Crippen LogP contribution >= 0.6 is 0 Å². The van der Waals surface area contributed by atoms with E-state index in [4.69, 9.17) is 4.74 Å². The molecule has 2 heterocycles. The number of para-hydroxylation sites is 1. The number of hydrogen-bond donors (Lipinski definition) is 1. The van der Waals surface area contributed by atoms with Gasteiger partial charge in [-0.25, -0.2) is 0 Å². The van der Waals surface area contributed by atoms with Gasteiger partial charge in [0.1, 0.15) is 5.75 Å². The maximum atomic E-state index is 12.8. The van der Waals surface area contributed by atoms with Crippen molar-refractivity contribution >= 4 is 5.91 Å². The SMILES string of the molecule is CC(O)CC1CCCN1C(=O)C1Oc2ccccc2C1C. The predicted molar refractivity (Wildman–Crippen MR) is 80.3 cm³/mol. The molecule has 0 aliphatic carbocycles. The fraction of sp³-hybridized carbons (Fsp3) is 0.588. The molecule has 1 amide bonds. The normalized spacial score (nSPS) is 29.1. The van der Waals surface area contributed by atoms with Gasteiger partial charge in [0.25, 0.3) is 5.91 Å². The number of nitrogens with zero attached hydrogens (tertiary/aromatic N) is 1. The fourth-order valence-corrected chi connectivity index (χ4v) is 3.56. The third-order valence-corrected chi connectivity index (χ3v) is 4.63. The molecule has 4 unspecified atom stereocenters. The van der Waals surface area contributed by atoms with Crippen LogP contribution in [0.25, 0.3) is 0 Å². The summed E-state index contributed by atoms with van der Waals surface area (Å²) in [6.45, 7) is 4.61. The molecule has 1 saturated heterocycles. The molecule has 114 valence electrons. The van der Waals surface area contributed by atoms with Crippen LogP contribution in [0.1, 0.15) is 44.6 Å². The highest BCUT2D eigenvalue weighted by Crippen LogP contribution is 2.39. The van der Waals surface area contributed by atoms with E-state index in [1.807, 2.05) is 36.1 Å². The predicted octanol–water partition coefficient (Wildman–Crippen LogP) is 2.31. The van der Waals surface area contributed by atoms with Crippen molar-refractivity contribution in [2.24, 2.45) is 0 Å². The lowest BCUT2D eigenvalue weighted by atomic mass is 9.96. The summed E-state index contributed by atoms with van der Waals surface area (Å²) in [4.78, 5) is 14.8. The first kappa shape index (κ1) is 14.4. The zero-order valence-electron chi connectivity index (χ0n) is 12.7. The standard InChI is InChI=1S/C17H23NO3/c1-11(19)10-13-6-5-9-18(13)17(20)16-12(2)14-7-3-4-8-15(14)21-16/h3-4,7-8,11-13,16,19H,5-6,9-10H2,1-2H3. The van der Waals surface area contributed by atoms with Gasteiger partial charge in [-0.3, -0.25) is 4.79 Å². The van der Waals surface area contributed by atoms with Crippen LogP contribution < -0.4 is 4.74 Å². The van der Waals surface area contributed by atoms with Crippen molar-refractivity contribution in [1.82, 2.24) is 4.90 Å². The number of likely N-dealkylation sites (tertiary alicyclic amines) is 1. The summed E-state index contributed by atoms with van der Waals surface area (Å²) in [7, 11) is 0. The average molecular weight is 289 g/mol. The lowest BCUT2D eigenvalue weighted by Crippen LogP contribution is -2.45. The quantitative estimate of drug-likeness (QED) is 0.929. The number of benzene rings is 1. The molecule has 0 aromatic heterocycles. The Hall–Kier alpha value is -1.55. The van der Waals surface area contributed by atoms with E-state index in [2.05, 4.69) is 0 Å². The molecule has 2 aliphatic rings. The van der Waals surface area contributed by atoms with Gasteiger partial charge in [0.05, 0.1) is 6.10 Å². The lowest BCUT2D eigenvalue weighted by molar-refractivity contribution is -0.140. The highest BCUT2D eigenvalue weighted by atomic mass is 16.5. The number of aliphatic hydroxyl groups excluding tert-OH is 1. The molecule has 0 saturated carbocycles. The molecule has 4 atom stereocenters. The Bertz CT molecular complexity index is 529. The summed E-state index contributed by atoms with van der Waals surface area (Å²) in [5.41, 5.74) is 1.11. The number of aliphatic hydroxyl groups is 1. The number of hydrogen-bond acceptors (Lipinski definition) is 3. The molecule has 2 aliphatic heterocycles. The van der Waals surface area contributed by atoms with Gasteiger partial charge >= 0.3 is 0 Å². The zero-order chi connectivity index (χ0) is 15.0. The van der Waals surface area contributed by atoms with Crippen molar-refractivity contribution in [3.63, 3.8) is 0 Å². The number of carbonyl (C=O) groups excluding carboxylic acids is 1. The van der Waals surface area contributed by atoms with Crippen LogP contribution in [0.3, 0.4) is 0 Å². The van der Waals surface area contributed by atoms with E-state index < -0.39 is 6.10 Å². The smallest absolute Gasteiger partial charge is 0.264 e. The van der Waals surface area contributed by atoms with Crippen LogP contribution in [0.5, 0.6) is 5.75 Å². The molecule has 1 aromatic carbocycles. The summed E-state index contributed by atoms with van der Waals surface area (Å²) in [6.07, 6.45) is 1.85. The van der Waals surface area contributed by atoms with E-state index >= 15 is 0 Å². The Morgan fingerprint density at radius 2 is 2.24 bits per heavy atom. The summed E-state index contributed by atoms with van der Waals surface area (Å²) in [6, 6.07) is 8.03. The first-order chi connectivity index (χ1) is 10.1. The fourth-order valence-electron chi connectivity index (χ4n) is 3.56. The summed E-state index contributed by atoms with van der Waals surface area (Å²) in [5.74, 6) is 0.984. The number of amides is 1. The van der Waals surface area contributed by atoms with Gasteiger partial charge < -0.3 is 14.7 Å². The van der Waals surface area contributed by atoms with Gasteiger partial charge in [-0.1, -0.05) is 25.1 Å². The maximum absolute atomic E-state index is 12.8. The highest BCUT2D eigenvalue weighted by molar-refractivity contribution is 5.84. The minimum absolute atomic E-state index is 0.0712. The van der Waals surface area contributed by atoms with Crippen molar-refractivity contribution in [2.45, 2.75) is 57.3 Å². The van der Waals surface area contributed by atoms with Crippen molar-refractivity contribution in [1.29, 1.82) is 0 Å². The van der Waals surface area contributed by atoms with E-state index in [9.17, 15) is 9.90 Å². The molecule has 4 heteroatoms. The number of rotatable bonds is 3. The van der Waals surface area contributed by atoms with E-state index in [-0.39, 0.29) is 24.0 Å². The molecule has 0 spiro atoms. The largest absolute Gasteiger partial charge is 0.480 e. The second kappa shape index (κ2) is 5.68. The molecule has 0 radical (unpaired) electrons. The Morgan fingerprint density at radius 3 is 2.95 bits per heavy atom. The maximum Gasteiger partial charge on any atom is 0.264 e.